The number of methoxy groups -OCH3 is 1. The Hall–Kier alpha value is -1.33. The Kier molecular flexibility index (Phi) is 3.96. The van der Waals surface area contributed by atoms with Crippen LogP contribution in [0.3, 0.4) is 0 Å². The van der Waals surface area contributed by atoms with Crippen LogP contribution in [0.25, 0.3) is 0 Å². The Bertz CT molecular complexity index is 494. The fraction of sp³-hybridized carbons (Fsp3) is 0.500. The predicted molar refractivity (Wildman–Crippen MR) is 65.2 cm³/mol. The van der Waals surface area contributed by atoms with Crippen molar-refractivity contribution in [3.63, 3.8) is 0 Å². The zero-order chi connectivity index (χ0) is 14.0. The van der Waals surface area contributed by atoms with E-state index in [1.54, 1.807) is 0 Å². The first-order chi connectivity index (χ1) is 9.02. The van der Waals surface area contributed by atoms with Gasteiger partial charge in [0.05, 0.1) is 5.56 Å². The molecule has 0 spiro atoms. The molecule has 2 rings (SSSR count). The zero-order valence-corrected chi connectivity index (χ0v) is 11.0. The smallest absolute Gasteiger partial charge is 0.200 e. The molecule has 0 N–H and O–H groups in total. The van der Waals surface area contributed by atoms with E-state index in [1.807, 2.05) is 0 Å². The highest BCUT2D eigenvalue weighted by Gasteiger charge is 2.43. The summed E-state index contributed by atoms with van der Waals surface area (Å²) >= 11 is 0. The normalized spacial score (nSPS) is 18.3. The van der Waals surface area contributed by atoms with Crippen LogP contribution in [0.2, 0.25) is 0 Å². The Balaban J connectivity index is 2.46. The van der Waals surface area contributed by atoms with E-state index in [9.17, 15) is 13.6 Å². The fourth-order valence-corrected chi connectivity index (χ4v) is 2.32. The summed E-state index contributed by atoms with van der Waals surface area (Å²) in [6, 6.07) is 2.42. The lowest BCUT2D eigenvalue weighted by atomic mass is 9.85. The molecule has 1 aromatic rings. The van der Waals surface area contributed by atoms with E-state index in [0.29, 0.717) is 26.1 Å². The Morgan fingerprint density at radius 1 is 1.32 bits per heavy atom. The summed E-state index contributed by atoms with van der Waals surface area (Å²) in [5, 5.41) is 0. The predicted octanol–water partition coefficient (Wildman–Crippen LogP) is 2.65. The third kappa shape index (κ3) is 2.40. The summed E-state index contributed by atoms with van der Waals surface area (Å²) in [6.45, 7) is 2.18. The van der Waals surface area contributed by atoms with Crippen LogP contribution in [0.4, 0.5) is 8.78 Å². The number of hydrogen-bond donors (Lipinski definition) is 0. The van der Waals surface area contributed by atoms with Gasteiger partial charge in [0.1, 0.15) is 17.2 Å². The molecule has 0 bridgehead atoms. The molecule has 0 amide bonds. The highest BCUT2D eigenvalue weighted by atomic mass is 19.1. The van der Waals surface area contributed by atoms with Crippen molar-refractivity contribution in [2.24, 2.45) is 0 Å². The molecule has 0 atom stereocenters. The van der Waals surface area contributed by atoms with Gasteiger partial charge in [0, 0.05) is 33.2 Å². The molecule has 0 aromatic heterocycles. The molecule has 0 saturated carbocycles. The van der Waals surface area contributed by atoms with Crippen LogP contribution in [0, 0.1) is 18.6 Å². The molecular weight excluding hydrogens is 254 g/mol. The van der Waals surface area contributed by atoms with Crippen molar-refractivity contribution in [3.8, 4) is 0 Å². The molecule has 104 valence electrons. The van der Waals surface area contributed by atoms with E-state index in [4.69, 9.17) is 9.47 Å². The minimum atomic E-state index is -1.19. The van der Waals surface area contributed by atoms with Crippen LogP contribution >= 0.6 is 0 Å². The summed E-state index contributed by atoms with van der Waals surface area (Å²) < 4.78 is 38.3. The first-order valence-electron chi connectivity index (χ1n) is 6.14. The number of aryl methyl sites for hydroxylation is 1. The summed E-state index contributed by atoms with van der Waals surface area (Å²) in [5.74, 6) is -2.30. The van der Waals surface area contributed by atoms with Crippen LogP contribution in [0.15, 0.2) is 12.1 Å². The lowest BCUT2D eigenvalue weighted by molar-refractivity contribution is -0.0666. The monoisotopic (exact) mass is 270 g/mol. The zero-order valence-electron chi connectivity index (χ0n) is 11.0. The van der Waals surface area contributed by atoms with Gasteiger partial charge in [-0.3, -0.25) is 4.79 Å². The van der Waals surface area contributed by atoms with Crippen molar-refractivity contribution < 1.29 is 23.0 Å². The number of hydrogen-bond acceptors (Lipinski definition) is 3. The maximum absolute atomic E-state index is 14.0. The van der Waals surface area contributed by atoms with Crippen LogP contribution in [-0.4, -0.2) is 31.7 Å². The molecule has 0 aliphatic carbocycles. The lowest BCUT2D eigenvalue weighted by Crippen LogP contribution is -2.46. The highest BCUT2D eigenvalue weighted by molar-refractivity contribution is 6.03. The molecule has 1 aromatic carbocycles. The Labute approximate surface area is 110 Å². The van der Waals surface area contributed by atoms with Crippen molar-refractivity contribution in [2.45, 2.75) is 25.4 Å². The number of rotatable bonds is 3. The van der Waals surface area contributed by atoms with Crippen LogP contribution in [0.1, 0.15) is 28.8 Å². The number of benzene rings is 1. The van der Waals surface area contributed by atoms with E-state index in [2.05, 4.69) is 0 Å². The Morgan fingerprint density at radius 2 is 1.95 bits per heavy atom. The third-order valence-corrected chi connectivity index (χ3v) is 3.62. The second-order valence-corrected chi connectivity index (χ2v) is 4.69. The van der Waals surface area contributed by atoms with Crippen molar-refractivity contribution >= 4 is 5.78 Å². The third-order valence-electron chi connectivity index (χ3n) is 3.62. The number of halogens is 2. The van der Waals surface area contributed by atoms with E-state index < -0.39 is 28.6 Å². The van der Waals surface area contributed by atoms with Crippen molar-refractivity contribution in [1.29, 1.82) is 0 Å². The molecule has 3 nitrogen and oxygen atoms in total. The summed E-state index contributed by atoms with van der Waals surface area (Å²) in [5.41, 5.74) is -1.46. The number of ether oxygens (including phenoxy) is 2. The van der Waals surface area contributed by atoms with Gasteiger partial charge in [0.25, 0.3) is 0 Å². The van der Waals surface area contributed by atoms with Crippen molar-refractivity contribution in [1.82, 2.24) is 0 Å². The molecule has 5 heteroatoms. The molecule has 1 saturated heterocycles. The topological polar surface area (TPSA) is 35.5 Å². The van der Waals surface area contributed by atoms with Crippen molar-refractivity contribution in [3.05, 3.63) is 34.9 Å². The molecule has 1 fully saturated rings. The van der Waals surface area contributed by atoms with E-state index in [-0.39, 0.29) is 5.56 Å². The largest absolute Gasteiger partial charge is 0.381 e. The molecule has 19 heavy (non-hydrogen) atoms. The first kappa shape index (κ1) is 14.1. The standard InChI is InChI=1S/C14H16F2O3/c1-9-3-4-10(15)11(12(9)16)13(17)14(18-2)5-7-19-8-6-14/h3-4H,5-8H2,1-2H3. The average molecular weight is 270 g/mol. The number of carbonyl (C=O) groups is 1. The van der Waals surface area contributed by atoms with Gasteiger partial charge in [-0.1, -0.05) is 6.07 Å². The van der Waals surface area contributed by atoms with Gasteiger partial charge in [-0.2, -0.15) is 0 Å². The van der Waals surface area contributed by atoms with Gasteiger partial charge < -0.3 is 9.47 Å². The van der Waals surface area contributed by atoms with Gasteiger partial charge in [-0.05, 0) is 18.6 Å². The summed E-state index contributed by atoms with van der Waals surface area (Å²) in [6.07, 6.45) is 0.601. The second kappa shape index (κ2) is 5.35. The average Bonchev–Trinajstić information content (AvgIpc) is 2.44. The van der Waals surface area contributed by atoms with Gasteiger partial charge in [0.15, 0.2) is 0 Å². The maximum Gasteiger partial charge on any atom is 0.200 e. The van der Waals surface area contributed by atoms with Gasteiger partial charge in [0.2, 0.25) is 5.78 Å². The SMILES string of the molecule is COC1(C(=O)c2c(F)ccc(C)c2F)CCOCC1. The molecule has 0 radical (unpaired) electrons. The number of carbonyl (C=O) groups excluding carboxylic acids is 1. The van der Waals surface area contributed by atoms with E-state index in [1.165, 1.54) is 20.1 Å². The number of Topliss-reactive ketones (excluding diaryl/α,β-unsaturated/α-hetero) is 1. The van der Waals surface area contributed by atoms with Gasteiger partial charge in [-0.25, -0.2) is 8.78 Å². The van der Waals surface area contributed by atoms with Gasteiger partial charge in [-0.15, -0.1) is 0 Å². The molecular formula is C14H16F2O3. The highest BCUT2D eigenvalue weighted by Crippen LogP contribution is 2.31. The first-order valence-corrected chi connectivity index (χ1v) is 6.14. The fourth-order valence-electron chi connectivity index (χ4n) is 2.32. The quantitative estimate of drug-likeness (QED) is 0.792. The van der Waals surface area contributed by atoms with Crippen LogP contribution in [-0.2, 0) is 9.47 Å². The summed E-state index contributed by atoms with van der Waals surface area (Å²) in [4.78, 5) is 12.5. The lowest BCUT2D eigenvalue weighted by Gasteiger charge is -2.34. The van der Waals surface area contributed by atoms with Gasteiger partial charge >= 0.3 is 0 Å². The minimum Gasteiger partial charge on any atom is -0.381 e. The molecule has 1 aliphatic heterocycles. The van der Waals surface area contributed by atoms with Crippen LogP contribution < -0.4 is 0 Å². The molecule has 1 aliphatic rings. The van der Waals surface area contributed by atoms with Crippen LogP contribution in [0.5, 0.6) is 0 Å². The Morgan fingerprint density at radius 3 is 2.53 bits per heavy atom. The van der Waals surface area contributed by atoms with E-state index >= 15 is 0 Å². The van der Waals surface area contributed by atoms with E-state index in [0.717, 1.165) is 6.07 Å². The molecule has 0 unspecified atom stereocenters. The minimum absolute atomic E-state index is 0.239. The molecule has 1 heterocycles. The second-order valence-electron chi connectivity index (χ2n) is 4.69. The maximum atomic E-state index is 14.0. The number of ketones is 1. The summed E-state index contributed by atoms with van der Waals surface area (Å²) in [7, 11) is 1.38. The van der Waals surface area contributed by atoms with Crippen molar-refractivity contribution in [2.75, 3.05) is 20.3 Å².